The van der Waals surface area contributed by atoms with Gasteiger partial charge in [-0.15, -0.1) is 0 Å². The molecule has 4 heteroatoms. The molecule has 14 heavy (non-hydrogen) atoms. The minimum absolute atomic E-state index is 0.244. The third-order valence-corrected chi connectivity index (χ3v) is 3.07. The van der Waals surface area contributed by atoms with E-state index in [1.54, 1.807) is 0 Å². The third-order valence-electron chi connectivity index (χ3n) is 3.07. The van der Waals surface area contributed by atoms with Crippen LogP contribution in [0.4, 0.5) is 0 Å². The molecule has 0 aromatic heterocycles. The molecule has 1 saturated carbocycles. The van der Waals surface area contributed by atoms with Gasteiger partial charge in [0, 0.05) is 6.54 Å². The Morgan fingerprint density at radius 1 is 1.43 bits per heavy atom. The molecule has 1 aliphatic carbocycles. The molecular formula is C10H17NO3. The first kappa shape index (κ1) is 11.0. The first-order valence-electron chi connectivity index (χ1n) is 4.95. The lowest BCUT2D eigenvalue weighted by atomic mass is 9.92. The second kappa shape index (κ2) is 3.98. The summed E-state index contributed by atoms with van der Waals surface area (Å²) in [6.07, 6.45) is 1.85. The number of rotatable bonds is 5. The predicted octanol–water partition coefficient (Wildman–Crippen LogP) is 1.01. The topological polar surface area (TPSA) is 66.4 Å². The standard InChI is InChI=1S/C10H17NO3/c1-7(2)10(3-4-10)6-11-8(12)5-9(13)14/h7H,3-6H2,1-2H3,(H,11,12)(H,13,14). The highest BCUT2D eigenvalue weighted by Crippen LogP contribution is 2.51. The number of carbonyl (C=O) groups excluding carboxylic acids is 1. The number of hydrogen-bond acceptors (Lipinski definition) is 2. The molecule has 1 fully saturated rings. The number of nitrogens with one attached hydrogen (secondary N) is 1. The summed E-state index contributed by atoms with van der Waals surface area (Å²) in [7, 11) is 0. The molecule has 1 aliphatic rings. The molecule has 0 saturated heterocycles. The molecule has 0 spiro atoms. The Balaban J connectivity index is 2.27. The maximum absolute atomic E-state index is 11.1. The number of amides is 1. The number of hydrogen-bond donors (Lipinski definition) is 2. The largest absolute Gasteiger partial charge is 0.481 e. The molecule has 0 aromatic carbocycles. The van der Waals surface area contributed by atoms with Crippen LogP contribution in [0.25, 0.3) is 0 Å². The molecule has 0 heterocycles. The van der Waals surface area contributed by atoms with Gasteiger partial charge in [0.25, 0.3) is 0 Å². The molecule has 0 atom stereocenters. The molecule has 4 nitrogen and oxygen atoms in total. The van der Waals surface area contributed by atoms with Crippen molar-refractivity contribution >= 4 is 11.9 Å². The average molecular weight is 199 g/mol. The summed E-state index contributed by atoms with van der Waals surface area (Å²) in [5.74, 6) is -0.908. The Kier molecular flexibility index (Phi) is 3.13. The fourth-order valence-corrected chi connectivity index (χ4v) is 1.59. The highest BCUT2D eigenvalue weighted by Gasteiger charge is 2.45. The van der Waals surface area contributed by atoms with E-state index in [4.69, 9.17) is 5.11 Å². The minimum Gasteiger partial charge on any atom is -0.481 e. The van der Waals surface area contributed by atoms with Gasteiger partial charge in [0.05, 0.1) is 0 Å². The number of carboxylic acids is 1. The van der Waals surface area contributed by atoms with Gasteiger partial charge >= 0.3 is 5.97 Å². The van der Waals surface area contributed by atoms with Crippen molar-refractivity contribution in [3.63, 3.8) is 0 Å². The fourth-order valence-electron chi connectivity index (χ4n) is 1.59. The molecule has 0 aliphatic heterocycles. The zero-order valence-corrected chi connectivity index (χ0v) is 8.67. The first-order valence-corrected chi connectivity index (χ1v) is 4.95. The Morgan fingerprint density at radius 3 is 2.36 bits per heavy atom. The van der Waals surface area contributed by atoms with E-state index in [2.05, 4.69) is 19.2 Å². The monoisotopic (exact) mass is 199 g/mol. The van der Waals surface area contributed by atoms with E-state index in [9.17, 15) is 9.59 Å². The molecule has 1 amide bonds. The van der Waals surface area contributed by atoms with Crippen molar-refractivity contribution in [3.05, 3.63) is 0 Å². The van der Waals surface area contributed by atoms with Crippen molar-refractivity contribution in [3.8, 4) is 0 Å². The van der Waals surface area contributed by atoms with E-state index in [1.165, 1.54) is 0 Å². The van der Waals surface area contributed by atoms with Crippen LogP contribution in [-0.4, -0.2) is 23.5 Å². The lowest BCUT2D eigenvalue weighted by Gasteiger charge is -2.19. The molecule has 0 radical (unpaired) electrons. The highest BCUT2D eigenvalue weighted by molar-refractivity contribution is 5.93. The van der Waals surface area contributed by atoms with Crippen LogP contribution >= 0.6 is 0 Å². The van der Waals surface area contributed by atoms with Crippen LogP contribution in [0, 0.1) is 11.3 Å². The Labute approximate surface area is 83.7 Å². The second-order valence-corrected chi connectivity index (χ2v) is 4.36. The third kappa shape index (κ3) is 2.72. The molecule has 0 bridgehead atoms. The molecular weight excluding hydrogens is 182 g/mol. The van der Waals surface area contributed by atoms with Gasteiger partial charge in [-0.05, 0) is 24.2 Å². The Hall–Kier alpha value is -1.06. The van der Waals surface area contributed by atoms with Crippen molar-refractivity contribution < 1.29 is 14.7 Å². The van der Waals surface area contributed by atoms with Crippen LogP contribution in [0.5, 0.6) is 0 Å². The van der Waals surface area contributed by atoms with Crippen molar-refractivity contribution in [2.45, 2.75) is 33.1 Å². The van der Waals surface area contributed by atoms with E-state index >= 15 is 0 Å². The first-order chi connectivity index (χ1) is 6.46. The molecule has 2 N–H and O–H groups in total. The van der Waals surface area contributed by atoms with Crippen LogP contribution in [0.2, 0.25) is 0 Å². The summed E-state index contributed by atoms with van der Waals surface area (Å²) in [5.41, 5.74) is 0.244. The summed E-state index contributed by atoms with van der Waals surface area (Å²) < 4.78 is 0. The molecule has 80 valence electrons. The van der Waals surface area contributed by atoms with Crippen molar-refractivity contribution in [2.75, 3.05) is 6.54 Å². The van der Waals surface area contributed by atoms with Gasteiger partial charge in [-0.1, -0.05) is 13.8 Å². The average Bonchev–Trinajstić information content (AvgIpc) is 2.79. The van der Waals surface area contributed by atoms with Crippen molar-refractivity contribution in [1.82, 2.24) is 5.32 Å². The van der Waals surface area contributed by atoms with Gasteiger partial charge in [-0.25, -0.2) is 0 Å². The highest BCUT2D eigenvalue weighted by atomic mass is 16.4. The van der Waals surface area contributed by atoms with E-state index < -0.39 is 12.4 Å². The lowest BCUT2D eigenvalue weighted by molar-refractivity contribution is -0.140. The van der Waals surface area contributed by atoms with Gasteiger partial charge in [-0.2, -0.15) is 0 Å². The SMILES string of the molecule is CC(C)C1(CNC(=O)CC(=O)O)CC1. The van der Waals surface area contributed by atoms with Gasteiger partial charge in [-0.3, -0.25) is 9.59 Å². The quantitative estimate of drug-likeness (QED) is 0.649. The summed E-state index contributed by atoms with van der Waals surface area (Å²) in [5, 5.41) is 11.1. The van der Waals surface area contributed by atoms with E-state index in [-0.39, 0.29) is 11.3 Å². The van der Waals surface area contributed by atoms with Gasteiger partial charge in [0.2, 0.25) is 5.91 Å². The van der Waals surface area contributed by atoms with E-state index in [0.29, 0.717) is 12.5 Å². The molecule has 0 aromatic rings. The maximum atomic E-state index is 11.1. The van der Waals surface area contributed by atoms with Crippen molar-refractivity contribution in [1.29, 1.82) is 0 Å². The summed E-state index contributed by atoms with van der Waals surface area (Å²) >= 11 is 0. The second-order valence-electron chi connectivity index (χ2n) is 4.36. The smallest absolute Gasteiger partial charge is 0.312 e. The number of carboxylic acid groups (broad SMARTS) is 1. The van der Waals surface area contributed by atoms with Crippen LogP contribution in [0.1, 0.15) is 33.1 Å². The zero-order valence-electron chi connectivity index (χ0n) is 8.67. The summed E-state index contributed by atoms with van der Waals surface area (Å²) in [4.78, 5) is 21.3. The maximum Gasteiger partial charge on any atom is 0.312 e. The lowest BCUT2D eigenvalue weighted by Crippen LogP contribution is -2.33. The minimum atomic E-state index is -1.07. The molecule has 1 rings (SSSR count). The Morgan fingerprint density at radius 2 is 2.00 bits per heavy atom. The van der Waals surface area contributed by atoms with E-state index in [1.807, 2.05) is 0 Å². The van der Waals surface area contributed by atoms with Gasteiger partial charge in [0.1, 0.15) is 6.42 Å². The zero-order chi connectivity index (χ0) is 10.8. The van der Waals surface area contributed by atoms with Gasteiger partial charge < -0.3 is 10.4 Å². The molecule has 0 unspecified atom stereocenters. The van der Waals surface area contributed by atoms with Crippen LogP contribution in [-0.2, 0) is 9.59 Å². The Bertz CT molecular complexity index is 244. The normalized spacial score (nSPS) is 17.9. The number of aliphatic carboxylic acids is 1. The summed E-state index contributed by atoms with van der Waals surface area (Å²) in [6.45, 7) is 4.89. The van der Waals surface area contributed by atoms with Crippen LogP contribution < -0.4 is 5.32 Å². The number of carbonyl (C=O) groups is 2. The van der Waals surface area contributed by atoms with Crippen molar-refractivity contribution in [2.24, 2.45) is 11.3 Å². The van der Waals surface area contributed by atoms with Crippen LogP contribution in [0.3, 0.4) is 0 Å². The predicted molar refractivity (Wildman–Crippen MR) is 51.8 cm³/mol. The van der Waals surface area contributed by atoms with E-state index in [0.717, 1.165) is 12.8 Å². The van der Waals surface area contributed by atoms with Gasteiger partial charge in [0.15, 0.2) is 0 Å². The summed E-state index contributed by atoms with van der Waals surface area (Å²) in [6, 6.07) is 0. The fraction of sp³-hybridized carbons (Fsp3) is 0.800. The van der Waals surface area contributed by atoms with Crippen LogP contribution in [0.15, 0.2) is 0 Å².